The number of nitrogens with zero attached hydrogens (tertiary/aromatic N) is 3. The van der Waals surface area contributed by atoms with Crippen molar-refractivity contribution in [2.24, 2.45) is 12.8 Å². The Balaban J connectivity index is 2.03. The summed E-state index contributed by atoms with van der Waals surface area (Å²) in [6.45, 7) is 0.730. The van der Waals surface area contributed by atoms with Gasteiger partial charge in [0.15, 0.2) is 5.82 Å². The molecular weight excluding hydrogens is 228 g/mol. The van der Waals surface area contributed by atoms with Gasteiger partial charge >= 0.3 is 0 Å². The minimum absolute atomic E-state index is 0.351. The largest absolute Gasteiger partial charge is 0.486 e. The number of nitrogens with two attached hydrogens (primary N) is 1. The van der Waals surface area contributed by atoms with Crippen LogP contribution in [0.2, 0.25) is 0 Å². The lowest BCUT2D eigenvalue weighted by molar-refractivity contribution is 0.289. The van der Waals surface area contributed by atoms with Crippen LogP contribution in [0.15, 0.2) is 30.6 Å². The highest BCUT2D eigenvalue weighted by Crippen LogP contribution is 2.13. The third kappa shape index (κ3) is 3.09. The number of rotatable bonds is 3. The second-order valence-corrected chi connectivity index (χ2v) is 3.62. The van der Waals surface area contributed by atoms with E-state index in [4.69, 9.17) is 10.5 Å². The summed E-state index contributed by atoms with van der Waals surface area (Å²) in [5.41, 5.74) is 6.22. The summed E-state index contributed by atoms with van der Waals surface area (Å²) in [7, 11) is 1.83. The van der Waals surface area contributed by atoms with Gasteiger partial charge in [0.2, 0.25) is 0 Å². The molecule has 0 aliphatic rings. The molecule has 18 heavy (non-hydrogen) atoms. The monoisotopic (exact) mass is 242 g/mol. The van der Waals surface area contributed by atoms with Gasteiger partial charge in [-0.15, -0.1) is 0 Å². The summed E-state index contributed by atoms with van der Waals surface area (Å²) in [6, 6.07) is 7.56. The van der Waals surface area contributed by atoms with Crippen molar-refractivity contribution in [2.45, 2.75) is 6.61 Å². The van der Waals surface area contributed by atoms with Crippen molar-refractivity contribution in [2.75, 3.05) is 6.54 Å². The normalized spacial score (nSPS) is 9.67. The van der Waals surface area contributed by atoms with E-state index in [1.54, 1.807) is 4.68 Å². The quantitative estimate of drug-likeness (QED) is 0.805. The van der Waals surface area contributed by atoms with E-state index < -0.39 is 0 Å². The van der Waals surface area contributed by atoms with Gasteiger partial charge in [-0.1, -0.05) is 17.9 Å². The molecule has 0 unspecified atom stereocenters. The highest BCUT2D eigenvalue weighted by Gasteiger charge is 2.01. The number of aryl methyl sites for hydroxylation is 1. The number of hydrogen-bond donors (Lipinski definition) is 1. The fourth-order valence-corrected chi connectivity index (χ4v) is 1.42. The topological polar surface area (TPSA) is 66.0 Å². The maximum absolute atomic E-state index is 5.63. The summed E-state index contributed by atoms with van der Waals surface area (Å²) < 4.78 is 7.31. The molecule has 0 aliphatic heterocycles. The van der Waals surface area contributed by atoms with Crippen LogP contribution in [0.3, 0.4) is 0 Å². The predicted molar refractivity (Wildman–Crippen MR) is 67.7 cm³/mol. The maximum atomic E-state index is 5.63. The van der Waals surface area contributed by atoms with Gasteiger partial charge in [0.25, 0.3) is 0 Å². The molecule has 2 aromatic rings. The lowest BCUT2D eigenvalue weighted by atomic mass is 10.2. The molecule has 1 aromatic carbocycles. The Hall–Kier alpha value is -2.32. The summed E-state index contributed by atoms with van der Waals surface area (Å²) in [5.74, 6) is 7.29. The molecule has 0 amide bonds. The van der Waals surface area contributed by atoms with Crippen molar-refractivity contribution in [3.8, 4) is 17.6 Å². The van der Waals surface area contributed by atoms with E-state index in [1.807, 2.05) is 31.3 Å². The summed E-state index contributed by atoms with van der Waals surface area (Å²) >= 11 is 0. The molecule has 0 aliphatic carbocycles. The lowest BCUT2D eigenvalue weighted by Crippen LogP contribution is -2.04. The molecule has 2 N–H and O–H groups in total. The fourth-order valence-electron chi connectivity index (χ4n) is 1.42. The molecule has 0 radical (unpaired) electrons. The molecule has 5 heteroatoms. The minimum atomic E-state index is 0.351. The van der Waals surface area contributed by atoms with Gasteiger partial charge in [0.1, 0.15) is 18.7 Å². The van der Waals surface area contributed by atoms with Gasteiger partial charge in [-0.3, -0.25) is 4.68 Å². The smallest absolute Gasteiger partial charge is 0.164 e. The molecular formula is C13H14N4O. The minimum Gasteiger partial charge on any atom is -0.486 e. The molecule has 1 aromatic heterocycles. The van der Waals surface area contributed by atoms with E-state index in [2.05, 4.69) is 21.9 Å². The van der Waals surface area contributed by atoms with Crippen molar-refractivity contribution in [3.63, 3.8) is 0 Å². The average molecular weight is 242 g/mol. The Bertz CT molecular complexity index is 580. The SMILES string of the molecule is Cn1ncnc1COc1cccc(C#CCN)c1. The molecule has 0 bridgehead atoms. The first-order chi connectivity index (χ1) is 8.79. The first kappa shape index (κ1) is 12.1. The standard InChI is InChI=1S/C13H14N4O/c1-17-13(15-10-16-17)9-18-12-6-2-4-11(8-12)5-3-7-14/h2,4,6,8,10H,7,9,14H2,1H3. The van der Waals surface area contributed by atoms with Gasteiger partial charge in [-0.25, -0.2) is 4.98 Å². The first-order valence-electron chi connectivity index (χ1n) is 5.54. The average Bonchev–Trinajstić information content (AvgIpc) is 2.80. The van der Waals surface area contributed by atoms with Crippen LogP contribution in [-0.2, 0) is 13.7 Å². The molecule has 0 saturated carbocycles. The highest BCUT2D eigenvalue weighted by atomic mass is 16.5. The molecule has 2 rings (SSSR count). The van der Waals surface area contributed by atoms with Gasteiger partial charge in [-0.2, -0.15) is 5.10 Å². The van der Waals surface area contributed by atoms with E-state index in [9.17, 15) is 0 Å². The molecule has 0 atom stereocenters. The number of benzene rings is 1. The second-order valence-electron chi connectivity index (χ2n) is 3.62. The summed E-state index contributed by atoms with van der Waals surface area (Å²) in [6.07, 6.45) is 1.50. The Morgan fingerprint density at radius 1 is 1.44 bits per heavy atom. The Morgan fingerprint density at radius 3 is 3.06 bits per heavy atom. The molecule has 0 spiro atoms. The number of hydrogen-bond acceptors (Lipinski definition) is 4. The molecule has 92 valence electrons. The Morgan fingerprint density at radius 2 is 2.33 bits per heavy atom. The van der Waals surface area contributed by atoms with E-state index in [-0.39, 0.29) is 0 Å². The fraction of sp³-hybridized carbons (Fsp3) is 0.231. The van der Waals surface area contributed by atoms with Crippen LogP contribution >= 0.6 is 0 Å². The van der Waals surface area contributed by atoms with E-state index in [1.165, 1.54) is 6.33 Å². The zero-order valence-corrected chi connectivity index (χ0v) is 10.1. The lowest BCUT2D eigenvalue weighted by Gasteiger charge is -2.05. The molecule has 0 saturated heterocycles. The molecule has 1 heterocycles. The van der Waals surface area contributed by atoms with Gasteiger partial charge in [-0.05, 0) is 18.2 Å². The zero-order chi connectivity index (χ0) is 12.8. The van der Waals surface area contributed by atoms with E-state index in [0.29, 0.717) is 13.2 Å². The zero-order valence-electron chi connectivity index (χ0n) is 10.1. The van der Waals surface area contributed by atoms with E-state index >= 15 is 0 Å². The van der Waals surface area contributed by atoms with Crippen LogP contribution in [0.1, 0.15) is 11.4 Å². The highest BCUT2D eigenvalue weighted by molar-refractivity contribution is 5.39. The van der Waals surface area contributed by atoms with Crippen LogP contribution in [0.25, 0.3) is 0 Å². The van der Waals surface area contributed by atoms with Crippen molar-refractivity contribution in [1.82, 2.24) is 14.8 Å². The second kappa shape index (κ2) is 5.84. The van der Waals surface area contributed by atoms with Crippen LogP contribution in [0.5, 0.6) is 5.75 Å². The third-order valence-corrected chi connectivity index (χ3v) is 2.34. The first-order valence-corrected chi connectivity index (χ1v) is 5.54. The van der Waals surface area contributed by atoms with Crippen molar-refractivity contribution in [1.29, 1.82) is 0 Å². The van der Waals surface area contributed by atoms with Crippen molar-refractivity contribution < 1.29 is 4.74 Å². The number of aromatic nitrogens is 3. The Labute approximate surface area is 106 Å². The van der Waals surface area contributed by atoms with Gasteiger partial charge in [0, 0.05) is 12.6 Å². The summed E-state index contributed by atoms with van der Waals surface area (Å²) in [5, 5.41) is 3.98. The van der Waals surface area contributed by atoms with Crippen LogP contribution in [-0.4, -0.2) is 21.3 Å². The summed E-state index contributed by atoms with van der Waals surface area (Å²) in [4.78, 5) is 4.09. The Kier molecular flexibility index (Phi) is 3.94. The predicted octanol–water partition coefficient (Wildman–Crippen LogP) is 0.704. The molecule has 5 nitrogen and oxygen atoms in total. The number of ether oxygens (including phenoxy) is 1. The van der Waals surface area contributed by atoms with Crippen LogP contribution < -0.4 is 10.5 Å². The van der Waals surface area contributed by atoms with E-state index in [0.717, 1.165) is 17.1 Å². The molecule has 0 fully saturated rings. The van der Waals surface area contributed by atoms with Gasteiger partial charge in [0.05, 0.1) is 6.54 Å². The van der Waals surface area contributed by atoms with Crippen molar-refractivity contribution in [3.05, 3.63) is 42.0 Å². The third-order valence-electron chi connectivity index (χ3n) is 2.34. The van der Waals surface area contributed by atoms with Crippen molar-refractivity contribution >= 4 is 0 Å². The van der Waals surface area contributed by atoms with Crippen LogP contribution in [0, 0.1) is 11.8 Å². The van der Waals surface area contributed by atoms with Gasteiger partial charge < -0.3 is 10.5 Å². The van der Waals surface area contributed by atoms with Crippen LogP contribution in [0.4, 0.5) is 0 Å². The maximum Gasteiger partial charge on any atom is 0.164 e.